The van der Waals surface area contributed by atoms with E-state index in [9.17, 15) is 9.59 Å². The fraction of sp³-hybridized carbons (Fsp3) is 0.133. The fourth-order valence-corrected chi connectivity index (χ4v) is 2.29. The molecule has 0 saturated carbocycles. The molecule has 7 heteroatoms. The SMILES string of the molecule is CNC(=O)c1ccc(Nc2cnc3c(c2)CC(=O)N3)c(N)c1. The van der Waals surface area contributed by atoms with Gasteiger partial charge in [-0.2, -0.15) is 0 Å². The van der Waals surface area contributed by atoms with Gasteiger partial charge in [-0.3, -0.25) is 9.59 Å². The molecule has 3 rings (SSSR count). The highest BCUT2D eigenvalue weighted by Crippen LogP contribution is 2.28. The number of benzene rings is 1. The minimum Gasteiger partial charge on any atom is -0.397 e. The highest BCUT2D eigenvalue weighted by molar-refractivity contribution is 5.98. The van der Waals surface area contributed by atoms with Crippen molar-refractivity contribution in [1.82, 2.24) is 10.3 Å². The summed E-state index contributed by atoms with van der Waals surface area (Å²) >= 11 is 0. The number of hydrogen-bond donors (Lipinski definition) is 4. The monoisotopic (exact) mass is 297 g/mol. The molecule has 0 atom stereocenters. The molecule has 2 heterocycles. The number of fused-ring (bicyclic) bond motifs is 1. The molecular formula is C15H15N5O2. The number of rotatable bonds is 3. The first kappa shape index (κ1) is 13.9. The number of carbonyl (C=O) groups excluding carboxylic acids is 2. The first-order valence-corrected chi connectivity index (χ1v) is 6.74. The van der Waals surface area contributed by atoms with Crippen LogP contribution in [0.4, 0.5) is 22.9 Å². The maximum Gasteiger partial charge on any atom is 0.251 e. The average molecular weight is 297 g/mol. The summed E-state index contributed by atoms with van der Waals surface area (Å²) in [6.07, 6.45) is 1.94. The molecule has 1 aliphatic rings. The molecule has 0 aliphatic carbocycles. The molecule has 2 amide bonds. The van der Waals surface area contributed by atoms with Crippen LogP contribution in [0.25, 0.3) is 0 Å². The lowest BCUT2D eigenvalue weighted by atomic mass is 10.1. The minimum atomic E-state index is -0.193. The Hall–Kier alpha value is -3.09. The number of pyridine rings is 1. The minimum absolute atomic E-state index is 0.0610. The number of nitrogen functional groups attached to an aromatic ring is 1. The van der Waals surface area contributed by atoms with E-state index in [1.165, 1.54) is 0 Å². The molecule has 0 unspecified atom stereocenters. The summed E-state index contributed by atoms with van der Waals surface area (Å²) in [7, 11) is 1.57. The van der Waals surface area contributed by atoms with Crippen molar-refractivity contribution < 1.29 is 9.59 Å². The second-order valence-electron chi connectivity index (χ2n) is 4.96. The van der Waals surface area contributed by atoms with Crippen LogP contribution in [0.1, 0.15) is 15.9 Å². The van der Waals surface area contributed by atoms with Crippen LogP contribution in [0.15, 0.2) is 30.5 Å². The molecule has 0 spiro atoms. The van der Waals surface area contributed by atoms with Crippen LogP contribution in [-0.4, -0.2) is 23.8 Å². The number of aromatic nitrogens is 1. The van der Waals surface area contributed by atoms with Gasteiger partial charge in [0.05, 0.1) is 29.7 Å². The molecule has 1 aromatic heterocycles. The molecule has 0 bridgehead atoms. The summed E-state index contributed by atoms with van der Waals surface area (Å²) < 4.78 is 0. The molecule has 1 aliphatic heterocycles. The van der Waals surface area contributed by atoms with E-state index < -0.39 is 0 Å². The summed E-state index contributed by atoms with van der Waals surface area (Å²) in [5, 5.41) is 8.37. The third-order valence-electron chi connectivity index (χ3n) is 3.40. The number of nitrogens with two attached hydrogens (primary N) is 1. The maximum atomic E-state index is 11.6. The van der Waals surface area contributed by atoms with Gasteiger partial charge in [-0.15, -0.1) is 0 Å². The summed E-state index contributed by atoms with van der Waals surface area (Å²) in [4.78, 5) is 27.1. The van der Waals surface area contributed by atoms with Crippen LogP contribution in [0.5, 0.6) is 0 Å². The predicted octanol–water partition coefficient (Wildman–Crippen LogP) is 1.26. The van der Waals surface area contributed by atoms with Crippen molar-refractivity contribution in [2.24, 2.45) is 0 Å². The van der Waals surface area contributed by atoms with Crippen molar-refractivity contribution in [3.05, 3.63) is 41.6 Å². The number of amides is 2. The van der Waals surface area contributed by atoms with Crippen LogP contribution in [0.3, 0.4) is 0 Å². The molecule has 1 aromatic carbocycles. The van der Waals surface area contributed by atoms with Crippen LogP contribution < -0.4 is 21.7 Å². The van der Waals surface area contributed by atoms with Crippen molar-refractivity contribution in [1.29, 1.82) is 0 Å². The Bertz CT molecular complexity index is 773. The summed E-state index contributed by atoms with van der Waals surface area (Å²) in [6, 6.07) is 6.87. The number of hydrogen-bond acceptors (Lipinski definition) is 5. The summed E-state index contributed by atoms with van der Waals surface area (Å²) in [5.74, 6) is 0.342. The molecule has 2 aromatic rings. The molecule has 7 nitrogen and oxygen atoms in total. The standard InChI is InChI=1S/C15H15N5O2/c1-17-15(22)8-2-3-12(11(16)5-8)19-10-4-9-6-13(21)20-14(9)18-7-10/h2-5,7,19H,6,16H2,1H3,(H,17,22)(H,18,20,21). The Morgan fingerprint density at radius 2 is 2.18 bits per heavy atom. The van der Waals surface area contributed by atoms with Crippen LogP contribution in [0, 0.1) is 0 Å². The van der Waals surface area contributed by atoms with E-state index >= 15 is 0 Å². The van der Waals surface area contributed by atoms with Gasteiger partial charge < -0.3 is 21.7 Å². The lowest BCUT2D eigenvalue weighted by Crippen LogP contribution is -2.17. The molecule has 5 N–H and O–H groups in total. The zero-order chi connectivity index (χ0) is 15.7. The third-order valence-corrected chi connectivity index (χ3v) is 3.40. The normalized spacial score (nSPS) is 12.5. The van der Waals surface area contributed by atoms with Crippen LogP contribution in [0.2, 0.25) is 0 Å². The number of anilines is 4. The smallest absolute Gasteiger partial charge is 0.251 e. The van der Waals surface area contributed by atoms with Crippen LogP contribution in [-0.2, 0) is 11.2 Å². The number of nitrogens with one attached hydrogen (secondary N) is 3. The topological polar surface area (TPSA) is 109 Å². The summed E-state index contributed by atoms with van der Waals surface area (Å²) in [6.45, 7) is 0. The third kappa shape index (κ3) is 2.56. The molecule has 22 heavy (non-hydrogen) atoms. The van der Waals surface area contributed by atoms with Gasteiger partial charge >= 0.3 is 0 Å². The predicted molar refractivity (Wildman–Crippen MR) is 84.1 cm³/mol. The lowest BCUT2D eigenvalue weighted by Gasteiger charge is -2.11. The van der Waals surface area contributed by atoms with Gasteiger partial charge in [0.1, 0.15) is 5.82 Å². The van der Waals surface area contributed by atoms with Crippen molar-refractivity contribution >= 4 is 34.7 Å². The Morgan fingerprint density at radius 3 is 2.91 bits per heavy atom. The highest BCUT2D eigenvalue weighted by atomic mass is 16.2. The Labute approximate surface area is 126 Å². The van der Waals surface area contributed by atoms with Crippen molar-refractivity contribution in [2.75, 3.05) is 23.4 Å². The lowest BCUT2D eigenvalue weighted by molar-refractivity contribution is -0.115. The van der Waals surface area contributed by atoms with Gasteiger partial charge in [-0.25, -0.2) is 4.98 Å². The van der Waals surface area contributed by atoms with E-state index in [0.717, 1.165) is 11.3 Å². The van der Waals surface area contributed by atoms with Gasteiger partial charge in [-0.05, 0) is 24.3 Å². The first-order chi connectivity index (χ1) is 10.6. The van der Waals surface area contributed by atoms with Gasteiger partial charge in [0.25, 0.3) is 5.91 Å². The molecule has 0 radical (unpaired) electrons. The molecular weight excluding hydrogens is 282 g/mol. The van der Waals surface area contributed by atoms with E-state index in [0.29, 0.717) is 29.2 Å². The first-order valence-electron chi connectivity index (χ1n) is 6.74. The van der Waals surface area contributed by atoms with E-state index in [4.69, 9.17) is 5.73 Å². The average Bonchev–Trinajstić information content (AvgIpc) is 2.87. The number of nitrogens with zero attached hydrogens (tertiary/aromatic N) is 1. The van der Waals surface area contributed by atoms with Crippen molar-refractivity contribution in [3.63, 3.8) is 0 Å². The number of carbonyl (C=O) groups is 2. The fourth-order valence-electron chi connectivity index (χ4n) is 2.29. The van der Waals surface area contributed by atoms with Gasteiger partial charge in [0.2, 0.25) is 5.91 Å². The second-order valence-corrected chi connectivity index (χ2v) is 4.96. The quantitative estimate of drug-likeness (QED) is 0.638. The van der Waals surface area contributed by atoms with E-state index in [2.05, 4.69) is 20.9 Å². The second kappa shape index (κ2) is 5.36. The van der Waals surface area contributed by atoms with Gasteiger partial charge in [0.15, 0.2) is 0 Å². The maximum absolute atomic E-state index is 11.6. The molecule has 0 saturated heterocycles. The zero-order valence-electron chi connectivity index (χ0n) is 11.9. The van der Waals surface area contributed by atoms with E-state index in [1.54, 1.807) is 31.4 Å². The largest absolute Gasteiger partial charge is 0.397 e. The van der Waals surface area contributed by atoms with Gasteiger partial charge in [0, 0.05) is 18.2 Å². The zero-order valence-corrected chi connectivity index (χ0v) is 11.9. The molecule has 0 fully saturated rings. The molecule has 112 valence electrons. The van der Waals surface area contributed by atoms with E-state index in [1.807, 2.05) is 6.07 Å². The Kier molecular flexibility index (Phi) is 3.38. The van der Waals surface area contributed by atoms with Crippen LogP contribution >= 0.6 is 0 Å². The van der Waals surface area contributed by atoms with Crippen molar-refractivity contribution in [2.45, 2.75) is 6.42 Å². The summed E-state index contributed by atoms with van der Waals surface area (Å²) in [5.41, 5.74) is 9.16. The van der Waals surface area contributed by atoms with E-state index in [-0.39, 0.29) is 11.8 Å². The highest BCUT2D eigenvalue weighted by Gasteiger charge is 2.19. The Balaban J connectivity index is 1.83. The van der Waals surface area contributed by atoms with Gasteiger partial charge in [-0.1, -0.05) is 0 Å². The Morgan fingerprint density at radius 1 is 1.36 bits per heavy atom. The van der Waals surface area contributed by atoms with Crippen molar-refractivity contribution in [3.8, 4) is 0 Å².